The van der Waals surface area contributed by atoms with Crippen LogP contribution in [0.1, 0.15) is 34.6 Å². The van der Waals surface area contributed by atoms with Gasteiger partial charge in [0.25, 0.3) is 11.8 Å². The van der Waals surface area contributed by atoms with E-state index in [0.717, 1.165) is 0 Å². The van der Waals surface area contributed by atoms with Crippen LogP contribution in [0, 0.1) is 0 Å². The summed E-state index contributed by atoms with van der Waals surface area (Å²) in [5.41, 5.74) is 1.82. The van der Waals surface area contributed by atoms with Crippen molar-refractivity contribution in [3.8, 4) is 0 Å². The number of benzene rings is 2. The normalized spacial score (nSPS) is 11.2. The minimum Gasteiger partial charge on any atom is -0.322 e. The minimum absolute atomic E-state index is 0.0849. The van der Waals surface area contributed by atoms with Crippen LogP contribution in [-0.4, -0.2) is 31.3 Å². The van der Waals surface area contributed by atoms with E-state index < -0.39 is 15.9 Å². The standard InChI is InChI=1S/C22H22N4O4S/c1-15(2)26-31(29,30)20-11-7-17(8-12-20)21(27)24-18-9-5-16(6-10-18)22(28)25-19-4-3-13-23-14-19/h3-15,26H,1-2H3,(H,24,27)(H,25,28). The maximum absolute atomic E-state index is 12.5. The van der Waals surface area contributed by atoms with Gasteiger partial charge in [0.2, 0.25) is 10.0 Å². The SMILES string of the molecule is CC(C)NS(=O)(=O)c1ccc(C(=O)Nc2ccc(C(=O)Nc3cccnc3)cc2)cc1. The number of aromatic nitrogens is 1. The molecule has 0 bridgehead atoms. The predicted molar refractivity (Wildman–Crippen MR) is 118 cm³/mol. The zero-order chi connectivity index (χ0) is 22.4. The van der Waals surface area contributed by atoms with Crippen molar-refractivity contribution >= 4 is 33.2 Å². The van der Waals surface area contributed by atoms with Crippen LogP contribution in [0.25, 0.3) is 0 Å². The van der Waals surface area contributed by atoms with Crippen LogP contribution in [0.5, 0.6) is 0 Å². The van der Waals surface area contributed by atoms with Gasteiger partial charge in [0.1, 0.15) is 0 Å². The number of pyridine rings is 1. The Morgan fingerprint density at radius 1 is 0.806 bits per heavy atom. The van der Waals surface area contributed by atoms with Crippen LogP contribution < -0.4 is 15.4 Å². The molecular formula is C22H22N4O4S. The number of nitrogens with one attached hydrogen (secondary N) is 3. The van der Waals surface area contributed by atoms with E-state index in [0.29, 0.717) is 22.5 Å². The summed E-state index contributed by atoms with van der Waals surface area (Å²) in [6.07, 6.45) is 3.16. The number of carbonyl (C=O) groups is 2. The third-order valence-corrected chi connectivity index (χ3v) is 5.82. The summed E-state index contributed by atoms with van der Waals surface area (Å²) < 4.78 is 26.8. The first-order valence-electron chi connectivity index (χ1n) is 9.50. The maximum atomic E-state index is 12.5. The summed E-state index contributed by atoms with van der Waals surface area (Å²) in [6.45, 7) is 3.46. The van der Waals surface area contributed by atoms with Gasteiger partial charge in [0, 0.05) is 29.1 Å². The molecule has 0 saturated heterocycles. The third kappa shape index (κ3) is 5.97. The lowest BCUT2D eigenvalue weighted by molar-refractivity contribution is 0.102. The van der Waals surface area contributed by atoms with Gasteiger partial charge in [0.05, 0.1) is 16.8 Å². The molecule has 31 heavy (non-hydrogen) atoms. The summed E-state index contributed by atoms with van der Waals surface area (Å²) in [6, 6.07) is 15.3. The van der Waals surface area contributed by atoms with Gasteiger partial charge in [-0.05, 0) is 74.5 Å². The number of hydrogen-bond donors (Lipinski definition) is 3. The molecule has 0 aliphatic carbocycles. The monoisotopic (exact) mass is 438 g/mol. The smallest absolute Gasteiger partial charge is 0.255 e. The van der Waals surface area contributed by atoms with Gasteiger partial charge >= 0.3 is 0 Å². The van der Waals surface area contributed by atoms with E-state index in [4.69, 9.17) is 0 Å². The Morgan fingerprint density at radius 3 is 1.87 bits per heavy atom. The summed E-state index contributed by atoms with van der Waals surface area (Å²) in [5.74, 6) is -0.689. The largest absolute Gasteiger partial charge is 0.322 e. The Morgan fingerprint density at radius 2 is 1.35 bits per heavy atom. The van der Waals surface area contributed by atoms with Crippen LogP contribution in [0.2, 0.25) is 0 Å². The zero-order valence-corrected chi connectivity index (χ0v) is 17.8. The predicted octanol–water partition coefficient (Wildman–Crippen LogP) is 3.27. The zero-order valence-electron chi connectivity index (χ0n) is 17.0. The highest BCUT2D eigenvalue weighted by Gasteiger charge is 2.16. The van der Waals surface area contributed by atoms with Crippen molar-refractivity contribution in [2.75, 3.05) is 10.6 Å². The Balaban J connectivity index is 1.63. The molecule has 3 aromatic rings. The van der Waals surface area contributed by atoms with Crippen LogP contribution in [0.4, 0.5) is 11.4 Å². The van der Waals surface area contributed by atoms with Crippen LogP contribution in [0.3, 0.4) is 0 Å². The average molecular weight is 439 g/mol. The second-order valence-electron chi connectivity index (χ2n) is 7.03. The van der Waals surface area contributed by atoms with Gasteiger partial charge in [-0.15, -0.1) is 0 Å². The van der Waals surface area contributed by atoms with E-state index in [2.05, 4.69) is 20.3 Å². The van der Waals surface area contributed by atoms with Crippen molar-refractivity contribution in [3.05, 3.63) is 84.2 Å². The van der Waals surface area contributed by atoms with E-state index in [1.165, 1.54) is 24.3 Å². The fourth-order valence-electron chi connectivity index (χ4n) is 2.71. The molecule has 3 N–H and O–H groups in total. The van der Waals surface area contributed by atoms with Crippen molar-refractivity contribution in [2.45, 2.75) is 24.8 Å². The molecule has 9 heteroatoms. The van der Waals surface area contributed by atoms with Gasteiger partial charge in [0.15, 0.2) is 0 Å². The fourth-order valence-corrected chi connectivity index (χ4v) is 3.96. The van der Waals surface area contributed by atoms with Crippen LogP contribution in [-0.2, 0) is 10.0 Å². The summed E-state index contributed by atoms with van der Waals surface area (Å²) >= 11 is 0. The molecule has 0 atom stereocenters. The molecule has 1 aromatic heterocycles. The topological polar surface area (TPSA) is 117 Å². The Hall–Kier alpha value is -3.56. The second kappa shape index (κ2) is 9.50. The lowest BCUT2D eigenvalue weighted by atomic mass is 10.1. The van der Waals surface area contributed by atoms with Gasteiger partial charge in [-0.3, -0.25) is 14.6 Å². The highest BCUT2D eigenvalue weighted by Crippen LogP contribution is 2.15. The summed E-state index contributed by atoms with van der Waals surface area (Å²) in [5, 5.41) is 5.45. The van der Waals surface area contributed by atoms with Crippen molar-refractivity contribution in [1.82, 2.24) is 9.71 Å². The number of rotatable bonds is 7. The molecule has 2 aromatic carbocycles. The van der Waals surface area contributed by atoms with E-state index in [9.17, 15) is 18.0 Å². The Kier molecular flexibility index (Phi) is 6.78. The van der Waals surface area contributed by atoms with Crippen molar-refractivity contribution < 1.29 is 18.0 Å². The molecule has 2 amide bonds. The molecule has 0 aliphatic heterocycles. The van der Waals surface area contributed by atoms with Crippen LogP contribution >= 0.6 is 0 Å². The maximum Gasteiger partial charge on any atom is 0.255 e. The van der Waals surface area contributed by atoms with Gasteiger partial charge < -0.3 is 10.6 Å². The summed E-state index contributed by atoms with van der Waals surface area (Å²) in [4.78, 5) is 28.7. The summed E-state index contributed by atoms with van der Waals surface area (Å²) in [7, 11) is -3.62. The third-order valence-electron chi connectivity index (χ3n) is 4.14. The molecular weight excluding hydrogens is 416 g/mol. The van der Waals surface area contributed by atoms with Crippen molar-refractivity contribution in [1.29, 1.82) is 0 Å². The number of anilines is 2. The van der Waals surface area contributed by atoms with Crippen LogP contribution in [0.15, 0.2) is 78.0 Å². The van der Waals surface area contributed by atoms with Crippen molar-refractivity contribution in [3.63, 3.8) is 0 Å². The highest BCUT2D eigenvalue weighted by molar-refractivity contribution is 7.89. The molecule has 0 radical (unpaired) electrons. The number of hydrogen-bond acceptors (Lipinski definition) is 5. The number of sulfonamides is 1. The Bertz CT molecular complexity index is 1160. The lowest BCUT2D eigenvalue weighted by Crippen LogP contribution is -2.30. The molecule has 0 spiro atoms. The van der Waals surface area contributed by atoms with E-state index in [1.807, 2.05) is 0 Å². The van der Waals surface area contributed by atoms with E-state index in [-0.39, 0.29) is 16.8 Å². The van der Waals surface area contributed by atoms with Gasteiger partial charge in [-0.25, -0.2) is 13.1 Å². The fraction of sp³-hybridized carbons (Fsp3) is 0.136. The first-order valence-corrected chi connectivity index (χ1v) is 11.0. The first kappa shape index (κ1) is 22.1. The molecule has 1 heterocycles. The number of carbonyl (C=O) groups excluding carboxylic acids is 2. The highest BCUT2D eigenvalue weighted by atomic mass is 32.2. The molecule has 0 saturated carbocycles. The van der Waals surface area contributed by atoms with E-state index >= 15 is 0 Å². The van der Waals surface area contributed by atoms with E-state index in [1.54, 1.807) is 62.6 Å². The molecule has 3 rings (SSSR count). The molecule has 0 unspecified atom stereocenters. The quantitative estimate of drug-likeness (QED) is 0.523. The van der Waals surface area contributed by atoms with Gasteiger partial charge in [-0.1, -0.05) is 0 Å². The molecule has 8 nitrogen and oxygen atoms in total. The van der Waals surface area contributed by atoms with Crippen molar-refractivity contribution in [2.24, 2.45) is 0 Å². The second-order valence-corrected chi connectivity index (χ2v) is 8.74. The average Bonchev–Trinajstić information content (AvgIpc) is 2.74. The molecule has 0 aliphatic rings. The molecule has 0 fully saturated rings. The van der Waals surface area contributed by atoms with Gasteiger partial charge in [-0.2, -0.15) is 0 Å². The first-order chi connectivity index (χ1) is 14.7. The molecule has 160 valence electrons. The minimum atomic E-state index is -3.62. The number of amides is 2. The lowest BCUT2D eigenvalue weighted by Gasteiger charge is -2.10. The number of nitrogens with zero attached hydrogens (tertiary/aromatic N) is 1. The Labute approximate surface area is 180 Å².